The van der Waals surface area contributed by atoms with Crippen LogP contribution in [-0.2, 0) is 6.42 Å². The number of benzene rings is 2. The number of hydrogen-bond acceptors (Lipinski definition) is 0. The zero-order valence-corrected chi connectivity index (χ0v) is 12.5. The van der Waals surface area contributed by atoms with Crippen molar-refractivity contribution in [3.63, 3.8) is 0 Å². The Bertz CT molecular complexity index is 490. The van der Waals surface area contributed by atoms with Crippen LogP contribution in [0.1, 0.15) is 29.8 Å². The smallest absolute Gasteiger partial charge is 0.0587 e. The lowest BCUT2D eigenvalue weighted by atomic mass is 9.94. The lowest BCUT2D eigenvalue weighted by Crippen LogP contribution is -2.04. The molecule has 0 aliphatic heterocycles. The van der Waals surface area contributed by atoms with Gasteiger partial charge >= 0.3 is 0 Å². The van der Waals surface area contributed by atoms with E-state index in [9.17, 15) is 0 Å². The van der Waals surface area contributed by atoms with Crippen molar-refractivity contribution in [2.45, 2.75) is 25.1 Å². The molecular formula is C17H17Cl2. The molecule has 2 atom stereocenters. The molecule has 19 heavy (non-hydrogen) atoms. The SMILES string of the molecule is CC(Cc1[c]cccc1)CC(Cl)c1ccc(Cl)cc1. The van der Waals surface area contributed by atoms with Crippen LogP contribution in [0.2, 0.25) is 5.02 Å². The molecule has 0 saturated carbocycles. The van der Waals surface area contributed by atoms with Crippen LogP contribution < -0.4 is 0 Å². The van der Waals surface area contributed by atoms with Crippen LogP contribution in [0.5, 0.6) is 0 Å². The molecule has 0 bridgehead atoms. The molecule has 0 saturated heterocycles. The number of rotatable bonds is 5. The molecule has 0 fully saturated rings. The van der Waals surface area contributed by atoms with Gasteiger partial charge in [-0.1, -0.05) is 54.9 Å². The lowest BCUT2D eigenvalue weighted by molar-refractivity contribution is 0.521. The van der Waals surface area contributed by atoms with Gasteiger partial charge in [0.1, 0.15) is 0 Å². The second-order valence-electron chi connectivity index (χ2n) is 4.95. The van der Waals surface area contributed by atoms with Crippen LogP contribution in [0, 0.1) is 12.0 Å². The van der Waals surface area contributed by atoms with Gasteiger partial charge in [-0.05, 0) is 48.1 Å². The highest BCUT2D eigenvalue weighted by Gasteiger charge is 2.13. The van der Waals surface area contributed by atoms with Gasteiger partial charge in [0.2, 0.25) is 0 Å². The van der Waals surface area contributed by atoms with Gasteiger partial charge in [-0.2, -0.15) is 0 Å². The molecular weight excluding hydrogens is 275 g/mol. The van der Waals surface area contributed by atoms with Crippen LogP contribution in [0.4, 0.5) is 0 Å². The number of alkyl halides is 1. The lowest BCUT2D eigenvalue weighted by Gasteiger charge is -2.16. The van der Waals surface area contributed by atoms with Crippen molar-refractivity contribution in [3.8, 4) is 0 Å². The maximum Gasteiger partial charge on any atom is 0.0587 e. The Kier molecular flexibility index (Phi) is 5.30. The summed E-state index contributed by atoms with van der Waals surface area (Å²) in [6.45, 7) is 2.23. The van der Waals surface area contributed by atoms with E-state index in [-0.39, 0.29) is 5.38 Å². The quantitative estimate of drug-likeness (QED) is 0.621. The zero-order chi connectivity index (χ0) is 13.7. The summed E-state index contributed by atoms with van der Waals surface area (Å²) in [4.78, 5) is 0. The summed E-state index contributed by atoms with van der Waals surface area (Å²) >= 11 is 12.3. The summed E-state index contributed by atoms with van der Waals surface area (Å²) in [5, 5.41) is 0.788. The predicted octanol–water partition coefficient (Wildman–Crippen LogP) is 5.69. The molecule has 2 aromatic carbocycles. The van der Waals surface area contributed by atoms with Gasteiger partial charge in [0.15, 0.2) is 0 Å². The van der Waals surface area contributed by atoms with Gasteiger partial charge in [-0.25, -0.2) is 0 Å². The molecule has 2 aromatic rings. The highest BCUT2D eigenvalue weighted by molar-refractivity contribution is 6.30. The van der Waals surface area contributed by atoms with E-state index in [0.29, 0.717) is 5.92 Å². The standard InChI is InChI=1S/C17H17Cl2/c1-13(11-14-5-3-2-4-6-14)12-17(19)15-7-9-16(18)10-8-15/h2-5,7-10,13,17H,11-12H2,1H3. The Morgan fingerprint density at radius 2 is 1.84 bits per heavy atom. The van der Waals surface area contributed by atoms with Crippen LogP contribution in [-0.4, -0.2) is 0 Å². The summed E-state index contributed by atoms with van der Waals surface area (Å²) in [5.74, 6) is 0.525. The third-order valence-corrected chi connectivity index (χ3v) is 3.86. The van der Waals surface area contributed by atoms with E-state index >= 15 is 0 Å². The van der Waals surface area contributed by atoms with Crippen molar-refractivity contribution in [2.24, 2.45) is 5.92 Å². The Labute approximate surface area is 125 Å². The summed E-state index contributed by atoms with van der Waals surface area (Å²) < 4.78 is 0. The van der Waals surface area contributed by atoms with Gasteiger partial charge in [-0.3, -0.25) is 0 Å². The van der Waals surface area contributed by atoms with Crippen molar-refractivity contribution < 1.29 is 0 Å². The minimum atomic E-state index is 0.0379. The van der Waals surface area contributed by atoms with Crippen molar-refractivity contribution in [3.05, 3.63) is 70.7 Å². The summed E-state index contributed by atoms with van der Waals surface area (Å²) in [6.07, 6.45) is 1.96. The fourth-order valence-corrected chi connectivity index (χ4v) is 2.75. The second-order valence-corrected chi connectivity index (χ2v) is 5.92. The average molecular weight is 292 g/mol. The topological polar surface area (TPSA) is 0 Å². The minimum Gasteiger partial charge on any atom is -0.118 e. The van der Waals surface area contributed by atoms with E-state index in [0.717, 1.165) is 23.4 Å². The van der Waals surface area contributed by atoms with E-state index < -0.39 is 0 Å². The molecule has 0 amide bonds. The van der Waals surface area contributed by atoms with E-state index in [4.69, 9.17) is 23.2 Å². The maximum atomic E-state index is 6.47. The fourth-order valence-electron chi connectivity index (χ4n) is 2.18. The van der Waals surface area contributed by atoms with Gasteiger partial charge in [-0.15, -0.1) is 11.6 Å². The normalized spacial score (nSPS) is 14.1. The van der Waals surface area contributed by atoms with Gasteiger partial charge in [0.05, 0.1) is 5.38 Å². The highest BCUT2D eigenvalue weighted by atomic mass is 35.5. The molecule has 0 aromatic heterocycles. The Morgan fingerprint density at radius 3 is 2.47 bits per heavy atom. The summed E-state index contributed by atoms with van der Waals surface area (Å²) in [6, 6.07) is 19.2. The molecule has 99 valence electrons. The van der Waals surface area contributed by atoms with Gasteiger partial charge in [0, 0.05) is 5.02 Å². The summed E-state index contributed by atoms with van der Waals surface area (Å²) in [5.41, 5.74) is 2.38. The Morgan fingerprint density at radius 1 is 1.11 bits per heavy atom. The molecule has 0 N–H and O–H groups in total. The Balaban J connectivity index is 1.91. The van der Waals surface area contributed by atoms with Gasteiger partial charge < -0.3 is 0 Å². The first-order valence-corrected chi connectivity index (χ1v) is 7.31. The van der Waals surface area contributed by atoms with Crippen molar-refractivity contribution in [1.82, 2.24) is 0 Å². The largest absolute Gasteiger partial charge is 0.118 e. The summed E-state index contributed by atoms with van der Waals surface area (Å²) in [7, 11) is 0. The molecule has 1 radical (unpaired) electrons. The molecule has 0 spiro atoms. The molecule has 2 unspecified atom stereocenters. The van der Waals surface area contributed by atoms with Crippen LogP contribution in [0.3, 0.4) is 0 Å². The molecule has 0 aliphatic rings. The van der Waals surface area contributed by atoms with Crippen molar-refractivity contribution >= 4 is 23.2 Å². The first-order valence-electron chi connectivity index (χ1n) is 6.50. The molecule has 0 aliphatic carbocycles. The predicted molar refractivity (Wildman–Crippen MR) is 82.8 cm³/mol. The molecule has 0 nitrogen and oxygen atoms in total. The van der Waals surface area contributed by atoms with Crippen molar-refractivity contribution in [1.29, 1.82) is 0 Å². The third-order valence-electron chi connectivity index (χ3n) is 3.18. The van der Waals surface area contributed by atoms with Crippen LogP contribution in [0.25, 0.3) is 0 Å². The third kappa shape index (κ3) is 4.56. The number of halogens is 2. The van der Waals surface area contributed by atoms with E-state index in [1.807, 2.05) is 36.4 Å². The van der Waals surface area contributed by atoms with E-state index in [2.05, 4.69) is 25.1 Å². The molecule has 2 rings (SSSR count). The second kappa shape index (κ2) is 6.98. The first-order chi connectivity index (χ1) is 9.15. The number of hydrogen-bond donors (Lipinski definition) is 0. The van der Waals surface area contributed by atoms with E-state index in [1.165, 1.54) is 5.56 Å². The minimum absolute atomic E-state index is 0.0379. The monoisotopic (exact) mass is 291 g/mol. The fraction of sp³-hybridized carbons (Fsp3) is 0.294. The van der Waals surface area contributed by atoms with Crippen molar-refractivity contribution in [2.75, 3.05) is 0 Å². The first kappa shape index (κ1) is 14.4. The zero-order valence-electron chi connectivity index (χ0n) is 10.9. The molecule has 2 heteroatoms. The van der Waals surface area contributed by atoms with Gasteiger partial charge in [0.25, 0.3) is 0 Å². The average Bonchev–Trinajstić information content (AvgIpc) is 2.40. The molecule has 0 heterocycles. The maximum absolute atomic E-state index is 6.47. The van der Waals surface area contributed by atoms with Crippen LogP contribution in [0.15, 0.2) is 48.5 Å². The highest BCUT2D eigenvalue weighted by Crippen LogP contribution is 2.29. The van der Waals surface area contributed by atoms with E-state index in [1.54, 1.807) is 0 Å². The Hall–Kier alpha value is -0.980. The van der Waals surface area contributed by atoms with Crippen LogP contribution >= 0.6 is 23.2 Å².